The largest absolute Gasteiger partial charge is 0.237 e. The van der Waals surface area contributed by atoms with E-state index < -0.39 is 6.17 Å². The van der Waals surface area contributed by atoms with E-state index in [0.717, 1.165) is 25.7 Å². The summed E-state index contributed by atoms with van der Waals surface area (Å²) in [6.07, 6.45) is 6.11. The van der Waals surface area contributed by atoms with Crippen LogP contribution >= 0.6 is 0 Å². The Morgan fingerprint density at radius 1 is 1.20 bits per heavy atom. The molecule has 1 unspecified atom stereocenters. The number of carbonyl (C=O) groups excluding carboxylic acids is 2. The van der Waals surface area contributed by atoms with E-state index in [1.165, 1.54) is 12.2 Å². The zero-order valence-electron chi connectivity index (χ0n) is 9.62. The second-order valence-electron chi connectivity index (χ2n) is 3.93. The fourth-order valence-corrected chi connectivity index (χ4v) is 1.51. The topological polar surface area (TPSA) is 58.9 Å². The molecule has 0 aromatic carbocycles. The molecular formula is C11H18N2O2. The Morgan fingerprint density at radius 2 is 1.73 bits per heavy atom. The van der Waals surface area contributed by atoms with Crippen molar-refractivity contribution in [2.75, 3.05) is 0 Å². The number of aliphatic imine (C=N–C) groups is 2. The van der Waals surface area contributed by atoms with Crippen LogP contribution in [0.25, 0.3) is 0 Å². The third kappa shape index (κ3) is 4.20. The zero-order chi connectivity index (χ0) is 11.7. The van der Waals surface area contributed by atoms with Crippen molar-refractivity contribution in [1.29, 1.82) is 0 Å². The normalized spacial score (nSPS) is 15.7. The Bertz CT molecular complexity index is 260. The fraction of sp³-hybridized carbons (Fsp3) is 0.818. The Morgan fingerprint density at radius 3 is 2.07 bits per heavy atom. The van der Waals surface area contributed by atoms with Gasteiger partial charge in [-0.2, -0.15) is 9.98 Å². The van der Waals surface area contributed by atoms with Crippen molar-refractivity contribution in [1.82, 2.24) is 0 Å². The van der Waals surface area contributed by atoms with E-state index in [9.17, 15) is 9.59 Å². The first-order valence-electron chi connectivity index (χ1n) is 5.28. The van der Waals surface area contributed by atoms with Crippen molar-refractivity contribution in [3.05, 3.63) is 0 Å². The van der Waals surface area contributed by atoms with Crippen LogP contribution in [0, 0.1) is 5.41 Å². The molecule has 0 rings (SSSR count). The van der Waals surface area contributed by atoms with E-state index in [1.807, 2.05) is 13.8 Å². The van der Waals surface area contributed by atoms with Gasteiger partial charge >= 0.3 is 0 Å². The molecule has 0 aliphatic rings. The monoisotopic (exact) mass is 210 g/mol. The van der Waals surface area contributed by atoms with Crippen molar-refractivity contribution in [2.45, 2.75) is 52.6 Å². The van der Waals surface area contributed by atoms with Crippen LogP contribution in [0.2, 0.25) is 0 Å². The molecule has 4 nitrogen and oxygen atoms in total. The second kappa shape index (κ2) is 7.10. The minimum Gasteiger partial charge on any atom is -0.211 e. The lowest BCUT2D eigenvalue weighted by Gasteiger charge is -2.30. The molecule has 84 valence electrons. The van der Waals surface area contributed by atoms with Gasteiger partial charge in [0.25, 0.3) is 0 Å². The molecule has 4 heteroatoms. The van der Waals surface area contributed by atoms with Crippen molar-refractivity contribution in [2.24, 2.45) is 15.4 Å². The van der Waals surface area contributed by atoms with E-state index in [4.69, 9.17) is 0 Å². The minimum atomic E-state index is -0.635. The maximum Gasteiger partial charge on any atom is 0.237 e. The van der Waals surface area contributed by atoms with Gasteiger partial charge in [-0.15, -0.1) is 0 Å². The van der Waals surface area contributed by atoms with E-state index in [2.05, 4.69) is 16.9 Å². The Balaban J connectivity index is 4.83. The molecular weight excluding hydrogens is 192 g/mol. The van der Waals surface area contributed by atoms with Crippen LogP contribution in [0.15, 0.2) is 9.98 Å². The molecule has 0 aromatic heterocycles. The van der Waals surface area contributed by atoms with Crippen LogP contribution in [0.1, 0.15) is 46.5 Å². The van der Waals surface area contributed by atoms with Crippen LogP contribution in [-0.4, -0.2) is 18.3 Å². The summed E-state index contributed by atoms with van der Waals surface area (Å²) in [6, 6.07) is 0. The smallest absolute Gasteiger partial charge is 0.211 e. The van der Waals surface area contributed by atoms with Crippen LogP contribution in [0.4, 0.5) is 0 Å². The number of isocyanates is 2. The Hall–Kier alpha value is -1.24. The molecule has 0 spiro atoms. The summed E-state index contributed by atoms with van der Waals surface area (Å²) in [5, 5.41) is 0. The van der Waals surface area contributed by atoms with Crippen molar-refractivity contribution in [3.8, 4) is 0 Å². The molecule has 0 aliphatic heterocycles. The third-order valence-corrected chi connectivity index (χ3v) is 2.88. The Labute approximate surface area is 90.5 Å². The summed E-state index contributed by atoms with van der Waals surface area (Å²) in [7, 11) is 0. The maximum atomic E-state index is 10.2. The first-order valence-corrected chi connectivity index (χ1v) is 5.28. The zero-order valence-corrected chi connectivity index (χ0v) is 9.62. The average Bonchev–Trinajstić information content (AvgIpc) is 2.25. The van der Waals surface area contributed by atoms with E-state index >= 15 is 0 Å². The van der Waals surface area contributed by atoms with Gasteiger partial charge in [-0.1, -0.05) is 33.6 Å². The van der Waals surface area contributed by atoms with Crippen molar-refractivity contribution < 1.29 is 9.59 Å². The van der Waals surface area contributed by atoms with Gasteiger partial charge in [0.1, 0.15) is 0 Å². The van der Waals surface area contributed by atoms with Gasteiger partial charge in [-0.25, -0.2) is 9.59 Å². The van der Waals surface area contributed by atoms with Crippen LogP contribution in [-0.2, 0) is 9.59 Å². The minimum absolute atomic E-state index is 0.245. The highest BCUT2D eigenvalue weighted by Gasteiger charge is 2.32. The molecule has 0 saturated heterocycles. The number of nitrogens with zero attached hydrogens (tertiary/aromatic N) is 2. The first kappa shape index (κ1) is 13.8. The van der Waals surface area contributed by atoms with Crippen molar-refractivity contribution in [3.63, 3.8) is 0 Å². The molecule has 1 atom stereocenters. The molecule has 0 radical (unpaired) electrons. The van der Waals surface area contributed by atoms with E-state index in [-0.39, 0.29) is 5.41 Å². The fourth-order valence-electron chi connectivity index (χ4n) is 1.51. The predicted molar refractivity (Wildman–Crippen MR) is 58.0 cm³/mol. The van der Waals surface area contributed by atoms with Gasteiger partial charge in [0, 0.05) is 5.41 Å². The summed E-state index contributed by atoms with van der Waals surface area (Å²) >= 11 is 0. The molecule has 0 fully saturated rings. The predicted octanol–water partition coefficient (Wildman–Crippen LogP) is 2.59. The molecule has 0 bridgehead atoms. The van der Waals surface area contributed by atoms with Crippen molar-refractivity contribution >= 4 is 12.2 Å². The van der Waals surface area contributed by atoms with Gasteiger partial charge < -0.3 is 0 Å². The van der Waals surface area contributed by atoms with Crippen LogP contribution in [0.5, 0.6) is 0 Å². The molecule has 0 amide bonds. The lowest BCUT2D eigenvalue weighted by atomic mass is 9.79. The van der Waals surface area contributed by atoms with Gasteiger partial charge in [0.15, 0.2) is 6.17 Å². The highest BCUT2D eigenvalue weighted by Crippen LogP contribution is 2.34. The second-order valence-corrected chi connectivity index (χ2v) is 3.93. The highest BCUT2D eigenvalue weighted by atomic mass is 16.1. The van der Waals surface area contributed by atoms with Gasteiger partial charge in [-0.05, 0) is 12.8 Å². The van der Waals surface area contributed by atoms with Crippen LogP contribution in [0.3, 0.4) is 0 Å². The van der Waals surface area contributed by atoms with E-state index in [0.29, 0.717) is 0 Å². The molecule has 0 aromatic rings. The summed E-state index contributed by atoms with van der Waals surface area (Å²) in [5.41, 5.74) is -0.245. The first-order chi connectivity index (χ1) is 7.14. The molecule has 15 heavy (non-hydrogen) atoms. The maximum absolute atomic E-state index is 10.2. The number of rotatable bonds is 7. The SMILES string of the molecule is CCCCC(C)(CC)C(N=C=O)N=C=O. The standard InChI is InChI=1S/C11H18N2O2/c1-4-6-7-11(3,5-2)10(12-8-14)13-9-15/h10H,4-7H2,1-3H3. The lowest BCUT2D eigenvalue weighted by Crippen LogP contribution is -2.28. The molecule has 0 saturated carbocycles. The molecule has 0 heterocycles. The number of hydrogen-bond acceptors (Lipinski definition) is 4. The molecule has 0 aliphatic carbocycles. The van der Waals surface area contributed by atoms with Gasteiger partial charge in [0.05, 0.1) is 0 Å². The quantitative estimate of drug-likeness (QED) is 0.479. The summed E-state index contributed by atoms with van der Waals surface area (Å²) in [4.78, 5) is 27.6. The summed E-state index contributed by atoms with van der Waals surface area (Å²) in [5.74, 6) is 0. The van der Waals surface area contributed by atoms with Crippen LogP contribution < -0.4 is 0 Å². The third-order valence-electron chi connectivity index (χ3n) is 2.88. The lowest BCUT2D eigenvalue weighted by molar-refractivity contribution is 0.222. The van der Waals surface area contributed by atoms with Gasteiger partial charge in [-0.3, -0.25) is 0 Å². The number of hydrogen-bond donors (Lipinski definition) is 0. The van der Waals surface area contributed by atoms with Gasteiger partial charge in [0.2, 0.25) is 12.2 Å². The van der Waals surface area contributed by atoms with E-state index in [1.54, 1.807) is 0 Å². The Kier molecular flexibility index (Phi) is 6.52. The summed E-state index contributed by atoms with van der Waals surface area (Å²) in [6.45, 7) is 6.08. The number of unbranched alkanes of at least 4 members (excludes halogenated alkanes) is 1. The highest BCUT2D eigenvalue weighted by molar-refractivity contribution is 5.37. The molecule has 0 N–H and O–H groups in total. The summed E-state index contributed by atoms with van der Waals surface area (Å²) < 4.78 is 0. The average molecular weight is 210 g/mol.